The highest BCUT2D eigenvalue weighted by Crippen LogP contribution is 2.26. The molecule has 0 spiro atoms. The van der Waals surface area contributed by atoms with Gasteiger partial charge in [-0.2, -0.15) is 0 Å². The molecule has 104 valence electrons. The average molecular weight is 264 g/mol. The van der Waals surface area contributed by atoms with Crippen molar-refractivity contribution in [2.24, 2.45) is 5.73 Å². The van der Waals surface area contributed by atoms with Crippen LogP contribution in [-0.4, -0.2) is 24.5 Å². The summed E-state index contributed by atoms with van der Waals surface area (Å²) in [6.45, 7) is 7.21. The van der Waals surface area contributed by atoms with Gasteiger partial charge in [-0.3, -0.25) is 0 Å². The smallest absolute Gasteiger partial charge is 0.169 e. The molecule has 0 bridgehead atoms. The first kappa shape index (κ1) is 14.0. The van der Waals surface area contributed by atoms with Crippen LogP contribution in [0.15, 0.2) is 28.7 Å². The standard InChI is InChI=1S/C15H21FN2O/c1-3-18(4-2)9-8-13(17)14-10-11-6-5-7-12(16)15(11)19-14/h5-7,10,13H,3-4,8-9,17H2,1-2H3. The molecular weight excluding hydrogens is 243 g/mol. The lowest BCUT2D eigenvalue weighted by Crippen LogP contribution is -2.26. The number of para-hydroxylation sites is 1. The molecule has 1 aromatic carbocycles. The third kappa shape index (κ3) is 3.14. The second-order valence-electron chi connectivity index (χ2n) is 4.73. The van der Waals surface area contributed by atoms with Crippen LogP contribution >= 0.6 is 0 Å². The number of nitrogens with zero attached hydrogens (tertiary/aromatic N) is 1. The van der Waals surface area contributed by atoms with Crippen LogP contribution < -0.4 is 5.73 Å². The SMILES string of the molecule is CCN(CC)CCC(N)c1cc2cccc(F)c2o1. The van der Waals surface area contributed by atoms with Crippen molar-refractivity contribution in [3.63, 3.8) is 0 Å². The topological polar surface area (TPSA) is 42.4 Å². The number of nitrogens with two attached hydrogens (primary N) is 1. The molecule has 1 atom stereocenters. The fraction of sp³-hybridized carbons (Fsp3) is 0.467. The molecular formula is C15H21FN2O. The van der Waals surface area contributed by atoms with Gasteiger partial charge in [0.2, 0.25) is 0 Å². The zero-order valence-corrected chi connectivity index (χ0v) is 11.5. The Bertz CT molecular complexity index is 534. The number of halogens is 1. The van der Waals surface area contributed by atoms with Crippen molar-refractivity contribution in [3.05, 3.63) is 35.8 Å². The van der Waals surface area contributed by atoms with E-state index in [1.54, 1.807) is 6.07 Å². The highest BCUT2D eigenvalue weighted by molar-refractivity contribution is 5.78. The predicted octanol–water partition coefficient (Wildman–Crippen LogP) is 3.30. The van der Waals surface area contributed by atoms with E-state index < -0.39 is 0 Å². The Balaban J connectivity index is 2.09. The summed E-state index contributed by atoms with van der Waals surface area (Å²) < 4.78 is 19.1. The van der Waals surface area contributed by atoms with Crippen LogP contribution in [0.3, 0.4) is 0 Å². The molecule has 4 heteroatoms. The van der Waals surface area contributed by atoms with E-state index in [0.717, 1.165) is 31.4 Å². The van der Waals surface area contributed by atoms with Gasteiger partial charge in [-0.15, -0.1) is 0 Å². The number of fused-ring (bicyclic) bond motifs is 1. The lowest BCUT2D eigenvalue weighted by molar-refractivity contribution is 0.285. The predicted molar refractivity (Wildman–Crippen MR) is 75.5 cm³/mol. The van der Waals surface area contributed by atoms with Crippen molar-refractivity contribution < 1.29 is 8.81 Å². The van der Waals surface area contributed by atoms with Crippen molar-refractivity contribution in [2.75, 3.05) is 19.6 Å². The van der Waals surface area contributed by atoms with Gasteiger partial charge in [0.25, 0.3) is 0 Å². The monoisotopic (exact) mass is 264 g/mol. The summed E-state index contributed by atoms with van der Waals surface area (Å²) in [5.74, 6) is 0.326. The van der Waals surface area contributed by atoms with E-state index in [1.807, 2.05) is 12.1 Å². The summed E-state index contributed by atoms with van der Waals surface area (Å²) in [5.41, 5.74) is 6.43. The minimum absolute atomic E-state index is 0.188. The normalized spacial score (nSPS) is 13.3. The molecule has 0 saturated carbocycles. The first-order chi connectivity index (χ1) is 9.15. The van der Waals surface area contributed by atoms with E-state index in [1.165, 1.54) is 6.07 Å². The minimum Gasteiger partial charge on any atom is -0.456 e. The van der Waals surface area contributed by atoms with E-state index in [0.29, 0.717) is 11.3 Å². The van der Waals surface area contributed by atoms with Gasteiger partial charge in [-0.05, 0) is 31.6 Å². The lowest BCUT2D eigenvalue weighted by Gasteiger charge is -2.19. The average Bonchev–Trinajstić information content (AvgIpc) is 2.85. The van der Waals surface area contributed by atoms with Gasteiger partial charge in [0.1, 0.15) is 5.76 Å². The van der Waals surface area contributed by atoms with Crippen LogP contribution in [0.1, 0.15) is 32.1 Å². The second-order valence-corrected chi connectivity index (χ2v) is 4.73. The molecule has 0 aliphatic heterocycles. The molecule has 0 radical (unpaired) electrons. The molecule has 0 fully saturated rings. The van der Waals surface area contributed by atoms with E-state index in [2.05, 4.69) is 18.7 Å². The Morgan fingerprint density at radius 2 is 2.05 bits per heavy atom. The third-order valence-corrected chi connectivity index (χ3v) is 3.53. The summed E-state index contributed by atoms with van der Waals surface area (Å²) in [6.07, 6.45) is 0.809. The largest absolute Gasteiger partial charge is 0.456 e. The molecule has 1 unspecified atom stereocenters. The van der Waals surface area contributed by atoms with E-state index in [-0.39, 0.29) is 11.9 Å². The van der Waals surface area contributed by atoms with Crippen molar-refractivity contribution in [2.45, 2.75) is 26.3 Å². The summed E-state index contributed by atoms with van der Waals surface area (Å²) >= 11 is 0. The molecule has 3 nitrogen and oxygen atoms in total. The molecule has 2 rings (SSSR count). The van der Waals surface area contributed by atoms with Crippen LogP contribution in [0.5, 0.6) is 0 Å². The minimum atomic E-state index is -0.334. The molecule has 1 aromatic heterocycles. The molecule has 0 amide bonds. The fourth-order valence-corrected chi connectivity index (χ4v) is 2.23. The summed E-state index contributed by atoms with van der Waals surface area (Å²) in [5, 5.41) is 0.772. The molecule has 2 aromatic rings. The number of furan rings is 1. The first-order valence-electron chi connectivity index (χ1n) is 6.81. The summed E-state index contributed by atoms with van der Waals surface area (Å²) in [4.78, 5) is 2.31. The molecule has 19 heavy (non-hydrogen) atoms. The van der Waals surface area contributed by atoms with Crippen LogP contribution in [0, 0.1) is 5.82 Å². The van der Waals surface area contributed by atoms with Crippen molar-refractivity contribution in [1.29, 1.82) is 0 Å². The highest BCUT2D eigenvalue weighted by Gasteiger charge is 2.14. The van der Waals surface area contributed by atoms with E-state index in [9.17, 15) is 4.39 Å². The first-order valence-corrected chi connectivity index (χ1v) is 6.81. The van der Waals surface area contributed by atoms with Crippen LogP contribution in [0.2, 0.25) is 0 Å². The number of rotatable bonds is 6. The zero-order valence-electron chi connectivity index (χ0n) is 11.5. The van der Waals surface area contributed by atoms with E-state index in [4.69, 9.17) is 10.2 Å². The molecule has 0 aliphatic rings. The van der Waals surface area contributed by atoms with Gasteiger partial charge in [0, 0.05) is 11.9 Å². The molecule has 2 N–H and O–H groups in total. The van der Waals surface area contributed by atoms with Crippen molar-refractivity contribution in [3.8, 4) is 0 Å². The van der Waals surface area contributed by atoms with Crippen LogP contribution in [0.4, 0.5) is 4.39 Å². The van der Waals surface area contributed by atoms with Gasteiger partial charge in [-0.25, -0.2) is 4.39 Å². The van der Waals surface area contributed by atoms with Crippen LogP contribution in [0.25, 0.3) is 11.0 Å². The Kier molecular flexibility index (Phi) is 4.56. The molecule has 0 aliphatic carbocycles. The summed E-state index contributed by atoms with van der Waals surface area (Å²) in [7, 11) is 0. The van der Waals surface area contributed by atoms with Gasteiger partial charge < -0.3 is 15.1 Å². The fourth-order valence-electron chi connectivity index (χ4n) is 2.23. The van der Waals surface area contributed by atoms with Gasteiger partial charge in [0.05, 0.1) is 6.04 Å². The number of hydrogen-bond donors (Lipinski definition) is 1. The zero-order chi connectivity index (χ0) is 13.8. The van der Waals surface area contributed by atoms with Gasteiger partial charge in [0.15, 0.2) is 11.4 Å². The number of hydrogen-bond acceptors (Lipinski definition) is 3. The third-order valence-electron chi connectivity index (χ3n) is 3.53. The lowest BCUT2D eigenvalue weighted by atomic mass is 10.1. The Labute approximate surface area is 113 Å². The Morgan fingerprint density at radius 1 is 1.32 bits per heavy atom. The summed E-state index contributed by atoms with van der Waals surface area (Å²) in [6, 6.07) is 6.57. The molecule has 1 heterocycles. The maximum atomic E-state index is 13.5. The Hall–Kier alpha value is -1.39. The van der Waals surface area contributed by atoms with Crippen LogP contribution in [-0.2, 0) is 0 Å². The highest BCUT2D eigenvalue weighted by atomic mass is 19.1. The maximum absolute atomic E-state index is 13.5. The quantitative estimate of drug-likeness (QED) is 0.870. The molecule has 0 saturated heterocycles. The van der Waals surface area contributed by atoms with E-state index >= 15 is 0 Å². The van der Waals surface area contributed by atoms with Gasteiger partial charge >= 0.3 is 0 Å². The Morgan fingerprint density at radius 3 is 2.68 bits per heavy atom. The van der Waals surface area contributed by atoms with Crippen molar-refractivity contribution >= 4 is 11.0 Å². The maximum Gasteiger partial charge on any atom is 0.169 e. The number of benzene rings is 1. The van der Waals surface area contributed by atoms with Crippen molar-refractivity contribution in [1.82, 2.24) is 4.90 Å². The second kappa shape index (κ2) is 6.17. The van der Waals surface area contributed by atoms with Gasteiger partial charge in [-0.1, -0.05) is 26.0 Å².